The minimum absolute atomic E-state index is 0.0841. The van der Waals surface area contributed by atoms with Crippen molar-refractivity contribution in [1.29, 1.82) is 0 Å². The normalized spacial score (nSPS) is 12.6. The van der Waals surface area contributed by atoms with Crippen molar-refractivity contribution in [2.45, 2.75) is 13.0 Å². The fourth-order valence-electron chi connectivity index (χ4n) is 0.998. The van der Waals surface area contributed by atoms with Gasteiger partial charge in [-0.15, -0.1) is 0 Å². The second-order valence-electron chi connectivity index (χ2n) is 3.06. The molecule has 1 aromatic carbocycles. The Bertz CT molecular complexity index is 304. The van der Waals surface area contributed by atoms with Gasteiger partial charge in [0.15, 0.2) is 0 Å². The third-order valence-corrected chi connectivity index (χ3v) is 1.92. The molecule has 1 rings (SSSR count). The van der Waals surface area contributed by atoms with Gasteiger partial charge in [0.25, 0.3) is 0 Å². The van der Waals surface area contributed by atoms with E-state index in [1.807, 2.05) is 0 Å². The molecule has 0 heterocycles. The molecule has 0 saturated carbocycles. The second kappa shape index (κ2) is 4.93. The fraction of sp³-hybridized carbons (Fsp3) is 0.400. The summed E-state index contributed by atoms with van der Waals surface area (Å²) in [7, 11) is 0. The molecule has 0 radical (unpaired) electrons. The third kappa shape index (κ3) is 2.68. The van der Waals surface area contributed by atoms with Gasteiger partial charge >= 0.3 is 0 Å². The summed E-state index contributed by atoms with van der Waals surface area (Å²) in [5, 5.41) is 9.14. The van der Waals surface area contributed by atoms with Crippen LogP contribution in [0, 0.1) is 12.7 Å². The maximum absolute atomic E-state index is 13.0. The van der Waals surface area contributed by atoms with Crippen molar-refractivity contribution in [3.8, 4) is 5.75 Å². The smallest absolute Gasteiger partial charge is 0.129 e. The van der Waals surface area contributed by atoms with Crippen LogP contribution in [-0.4, -0.2) is 24.4 Å². The van der Waals surface area contributed by atoms with Crippen LogP contribution in [0.3, 0.4) is 0 Å². The van der Waals surface area contributed by atoms with Gasteiger partial charge in [0.05, 0.1) is 0 Å². The minimum Gasteiger partial charge on any atom is -0.490 e. The highest BCUT2D eigenvalue weighted by molar-refractivity contribution is 5.33. The quantitative estimate of drug-likeness (QED) is 0.755. The van der Waals surface area contributed by atoms with Gasteiger partial charge in [-0.1, -0.05) is 6.07 Å². The van der Waals surface area contributed by atoms with E-state index in [1.54, 1.807) is 19.1 Å². The molecule has 1 unspecified atom stereocenters. The number of hydrogen-bond acceptors (Lipinski definition) is 3. The molecule has 0 aromatic heterocycles. The van der Waals surface area contributed by atoms with Crippen LogP contribution >= 0.6 is 0 Å². The Morgan fingerprint density at radius 3 is 2.93 bits per heavy atom. The first kappa shape index (κ1) is 10.9. The lowest BCUT2D eigenvalue weighted by molar-refractivity contribution is 0.113. The van der Waals surface area contributed by atoms with Crippen LogP contribution in [0.15, 0.2) is 18.2 Å². The van der Waals surface area contributed by atoms with Crippen molar-refractivity contribution < 1.29 is 14.2 Å². The first-order chi connectivity index (χ1) is 6.65. The Morgan fingerprint density at radius 2 is 2.29 bits per heavy atom. The van der Waals surface area contributed by atoms with Crippen molar-refractivity contribution >= 4 is 0 Å². The predicted molar refractivity (Wildman–Crippen MR) is 51.7 cm³/mol. The van der Waals surface area contributed by atoms with Crippen molar-refractivity contribution in [2.24, 2.45) is 5.73 Å². The molecule has 0 bridgehead atoms. The monoisotopic (exact) mass is 199 g/mol. The highest BCUT2D eigenvalue weighted by Crippen LogP contribution is 2.19. The summed E-state index contributed by atoms with van der Waals surface area (Å²) < 4.78 is 18.2. The lowest BCUT2D eigenvalue weighted by Gasteiger charge is -2.12. The molecule has 0 spiro atoms. The van der Waals surface area contributed by atoms with Crippen LogP contribution in [0.25, 0.3) is 0 Å². The molecule has 0 amide bonds. The highest BCUT2D eigenvalue weighted by Gasteiger charge is 2.06. The first-order valence-corrected chi connectivity index (χ1v) is 4.41. The first-order valence-electron chi connectivity index (χ1n) is 4.41. The standard InChI is InChI=1S/C10H14FNO2/c1-7-9(11)3-2-4-10(7)14-6-8(13)5-12/h2-4,8,13H,5-6,12H2,1H3. The zero-order valence-electron chi connectivity index (χ0n) is 8.03. The molecule has 0 aliphatic carbocycles. The Balaban J connectivity index is 2.63. The van der Waals surface area contributed by atoms with E-state index in [2.05, 4.69) is 0 Å². The van der Waals surface area contributed by atoms with Gasteiger partial charge in [0.2, 0.25) is 0 Å². The van der Waals surface area contributed by atoms with E-state index in [0.29, 0.717) is 11.3 Å². The predicted octanol–water partition coefficient (Wildman–Crippen LogP) is 0.833. The van der Waals surface area contributed by atoms with Gasteiger partial charge in [-0.05, 0) is 19.1 Å². The zero-order valence-corrected chi connectivity index (χ0v) is 8.03. The Labute approximate surface area is 82.3 Å². The van der Waals surface area contributed by atoms with E-state index >= 15 is 0 Å². The molecule has 4 heteroatoms. The van der Waals surface area contributed by atoms with Crippen LogP contribution in [0.1, 0.15) is 5.56 Å². The third-order valence-electron chi connectivity index (χ3n) is 1.92. The van der Waals surface area contributed by atoms with Crippen LogP contribution in [0.5, 0.6) is 5.75 Å². The lowest BCUT2D eigenvalue weighted by Crippen LogP contribution is -2.26. The summed E-state index contributed by atoms with van der Waals surface area (Å²) in [6.45, 7) is 1.84. The van der Waals surface area contributed by atoms with Gasteiger partial charge < -0.3 is 15.6 Å². The summed E-state index contributed by atoms with van der Waals surface area (Å²) in [6, 6.07) is 4.58. The lowest BCUT2D eigenvalue weighted by atomic mass is 10.2. The second-order valence-corrected chi connectivity index (χ2v) is 3.06. The number of aliphatic hydroxyl groups excluding tert-OH is 1. The van der Waals surface area contributed by atoms with E-state index in [1.165, 1.54) is 6.07 Å². The van der Waals surface area contributed by atoms with Gasteiger partial charge in [-0.2, -0.15) is 0 Å². The molecule has 14 heavy (non-hydrogen) atoms. The minimum atomic E-state index is -0.710. The van der Waals surface area contributed by atoms with Gasteiger partial charge in [0.1, 0.15) is 24.3 Å². The summed E-state index contributed by atoms with van der Waals surface area (Å²) in [4.78, 5) is 0. The van der Waals surface area contributed by atoms with Crippen LogP contribution in [0.2, 0.25) is 0 Å². The Kier molecular flexibility index (Phi) is 3.85. The molecule has 0 fully saturated rings. The molecular weight excluding hydrogens is 185 g/mol. The number of hydrogen-bond donors (Lipinski definition) is 2. The summed E-state index contributed by atoms with van der Waals surface area (Å²) >= 11 is 0. The Hall–Kier alpha value is -1.13. The number of aliphatic hydroxyl groups is 1. The highest BCUT2D eigenvalue weighted by atomic mass is 19.1. The molecule has 0 saturated heterocycles. The summed E-state index contributed by atoms with van der Waals surface area (Å²) in [5.41, 5.74) is 5.64. The van der Waals surface area contributed by atoms with Gasteiger partial charge in [-0.3, -0.25) is 0 Å². The maximum Gasteiger partial charge on any atom is 0.129 e. The van der Waals surface area contributed by atoms with E-state index in [-0.39, 0.29) is 19.0 Å². The Morgan fingerprint density at radius 1 is 1.57 bits per heavy atom. The average Bonchev–Trinajstić information content (AvgIpc) is 2.20. The van der Waals surface area contributed by atoms with E-state index in [9.17, 15) is 4.39 Å². The molecule has 3 N–H and O–H groups in total. The summed E-state index contributed by atoms with van der Waals surface area (Å²) in [5.74, 6) is 0.127. The van der Waals surface area contributed by atoms with Crippen LogP contribution in [0.4, 0.5) is 4.39 Å². The molecule has 1 atom stereocenters. The number of ether oxygens (including phenoxy) is 1. The molecule has 3 nitrogen and oxygen atoms in total. The maximum atomic E-state index is 13.0. The SMILES string of the molecule is Cc1c(F)cccc1OCC(O)CN. The van der Waals surface area contributed by atoms with Crippen LogP contribution in [-0.2, 0) is 0 Å². The molecule has 0 aliphatic rings. The van der Waals surface area contributed by atoms with Gasteiger partial charge in [0, 0.05) is 12.1 Å². The molecule has 0 aliphatic heterocycles. The van der Waals surface area contributed by atoms with Crippen molar-refractivity contribution in [2.75, 3.05) is 13.2 Å². The number of benzene rings is 1. The largest absolute Gasteiger partial charge is 0.490 e. The molecular formula is C10H14FNO2. The van der Waals surface area contributed by atoms with Crippen molar-refractivity contribution in [3.63, 3.8) is 0 Å². The summed E-state index contributed by atoms with van der Waals surface area (Å²) in [6.07, 6.45) is -0.710. The van der Waals surface area contributed by atoms with Crippen molar-refractivity contribution in [1.82, 2.24) is 0 Å². The van der Waals surface area contributed by atoms with E-state index < -0.39 is 6.10 Å². The van der Waals surface area contributed by atoms with Crippen LogP contribution < -0.4 is 10.5 Å². The van der Waals surface area contributed by atoms with Gasteiger partial charge in [-0.25, -0.2) is 4.39 Å². The average molecular weight is 199 g/mol. The zero-order chi connectivity index (χ0) is 10.6. The fourth-order valence-corrected chi connectivity index (χ4v) is 0.998. The number of halogens is 1. The number of nitrogens with two attached hydrogens (primary N) is 1. The van der Waals surface area contributed by atoms with E-state index in [0.717, 1.165) is 0 Å². The topological polar surface area (TPSA) is 55.5 Å². The molecule has 1 aromatic rings. The van der Waals surface area contributed by atoms with E-state index in [4.69, 9.17) is 15.6 Å². The van der Waals surface area contributed by atoms with Crippen molar-refractivity contribution in [3.05, 3.63) is 29.6 Å². The number of rotatable bonds is 4. The molecule has 78 valence electrons.